The molecule has 2 aliphatic heterocycles. The predicted octanol–water partition coefficient (Wildman–Crippen LogP) is 0.648. The first-order chi connectivity index (χ1) is 10.1. The monoisotopic (exact) mass is 366 g/mol. The van der Waals surface area contributed by atoms with Crippen molar-refractivity contribution in [3.8, 4) is 5.75 Å². The third kappa shape index (κ3) is 4.00. The predicted molar refractivity (Wildman–Crippen MR) is 95.1 cm³/mol. The van der Waals surface area contributed by atoms with Crippen LogP contribution in [-0.4, -0.2) is 55.0 Å². The molecule has 10 heteroatoms. The van der Waals surface area contributed by atoms with Crippen LogP contribution in [-0.2, 0) is 4.74 Å². The second-order valence-corrected chi connectivity index (χ2v) is 5.58. The van der Waals surface area contributed by atoms with Crippen LogP contribution in [0.25, 0.3) is 0 Å². The Morgan fingerprint density at radius 2 is 2.13 bits per heavy atom. The smallest absolute Gasteiger partial charge is 0.224 e. The van der Waals surface area contributed by atoms with Crippen LogP contribution in [0.2, 0.25) is 0 Å². The van der Waals surface area contributed by atoms with E-state index in [1.54, 1.807) is 7.11 Å². The Labute approximate surface area is 148 Å². The highest BCUT2D eigenvalue weighted by atomic mass is 35.5. The van der Waals surface area contributed by atoms with E-state index in [1.165, 1.54) is 0 Å². The minimum absolute atomic E-state index is 0. The summed E-state index contributed by atoms with van der Waals surface area (Å²) in [6.45, 7) is 4.09. The Morgan fingerprint density at radius 3 is 2.74 bits per heavy atom. The molecule has 0 spiro atoms. The van der Waals surface area contributed by atoms with Gasteiger partial charge in [-0.2, -0.15) is 9.97 Å². The summed E-state index contributed by atoms with van der Waals surface area (Å²) in [6, 6.07) is 0.195. The minimum atomic E-state index is 0. The Bertz CT molecular complexity index is 535. The fraction of sp³-hybridized carbons (Fsp3) is 0.692. The molecule has 1 fully saturated rings. The zero-order valence-corrected chi connectivity index (χ0v) is 14.8. The van der Waals surface area contributed by atoms with Gasteiger partial charge in [-0.1, -0.05) is 0 Å². The summed E-state index contributed by atoms with van der Waals surface area (Å²) in [7, 11) is 1.67. The summed E-state index contributed by atoms with van der Waals surface area (Å²) in [5.41, 5.74) is 11.8. The lowest BCUT2D eigenvalue weighted by atomic mass is 10.1. The fourth-order valence-electron chi connectivity index (χ4n) is 2.69. The third-order valence-electron chi connectivity index (χ3n) is 4.06. The molecule has 1 aromatic heterocycles. The van der Waals surface area contributed by atoms with Gasteiger partial charge in [0.25, 0.3) is 0 Å². The molecule has 0 unspecified atom stereocenters. The van der Waals surface area contributed by atoms with Crippen LogP contribution < -0.4 is 26.4 Å². The van der Waals surface area contributed by atoms with Gasteiger partial charge < -0.3 is 31.2 Å². The first-order valence-corrected chi connectivity index (χ1v) is 7.18. The molecule has 1 aromatic rings. The number of methoxy groups -OCH3 is 1. The third-order valence-corrected chi connectivity index (χ3v) is 4.06. The van der Waals surface area contributed by atoms with Crippen LogP contribution in [0.5, 0.6) is 5.75 Å². The molecule has 2 aliphatic rings. The highest BCUT2D eigenvalue weighted by molar-refractivity contribution is 5.85. The standard InChI is InChI=1S/C13H22N6O2.2ClH/c1-7(20-2)9-6-21-10-11(16-9)17-13(15)18-12(10)19-4-3-8(14)5-19;;/h7-9H,3-6,14H2,1-2H3,(H3,15,16,17,18);2*1H/t7-,8-,9+;;/m1../s1. The summed E-state index contributed by atoms with van der Waals surface area (Å²) in [5, 5.41) is 3.32. The Balaban J connectivity index is 0.00000132. The quantitative estimate of drug-likeness (QED) is 0.714. The highest BCUT2D eigenvalue weighted by Crippen LogP contribution is 2.38. The molecular formula is C13H24Cl2N6O2. The first kappa shape index (κ1) is 19.8. The lowest BCUT2D eigenvalue weighted by molar-refractivity contribution is 0.0804. The van der Waals surface area contributed by atoms with Gasteiger partial charge in [0.05, 0.1) is 12.1 Å². The van der Waals surface area contributed by atoms with Crippen molar-refractivity contribution in [2.75, 3.05) is 42.8 Å². The molecule has 23 heavy (non-hydrogen) atoms. The fourth-order valence-corrected chi connectivity index (χ4v) is 2.69. The molecule has 0 saturated carbocycles. The van der Waals surface area contributed by atoms with Gasteiger partial charge in [-0.25, -0.2) is 0 Å². The van der Waals surface area contributed by atoms with Crippen molar-refractivity contribution >= 4 is 42.4 Å². The van der Waals surface area contributed by atoms with Gasteiger partial charge in [0.1, 0.15) is 6.61 Å². The van der Waals surface area contributed by atoms with Crippen molar-refractivity contribution in [3.63, 3.8) is 0 Å². The van der Waals surface area contributed by atoms with E-state index in [4.69, 9.17) is 20.9 Å². The molecule has 0 aromatic carbocycles. The largest absolute Gasteiger partial charge is 0.484 e. The number of hydrogen-bond acceptors (Lipinski definition) is 8. The van der Waals surface area contributed by atoms with Gasteiger partial charge in [-0.3, -0.25) is 0 Å². The number of ether oxygens (including phenoxy) is 2. The van der Waals surface area contributed by atoms with Crippen molar-refractivity contribution in [2.24, 2.45) is 5.73 Å². The van der Waals surface area contributed by atoms with Crippen LogP contribution in [0.1, 0.15) is 13.3 Å². The molecule has 3 rings (SSSR count). The van der Waals surface area contributed by atoms with Gasteiger partial charge in [0.15, 0.2) is 11.6 Å². The van der Waals surface area contributed by atoms with Crippen molar-refractivity contribution < 1.29 is 9.47 Å². The van der Waals surface area contributed by atoms with E-state index in [0.29, 0.717) is 18.2 Å². The van der Waals surface area contributed by atoms with Crippen molar-refractivity contribution in [1.29, 1.82) is 0 Å². The van der Waals surface area contributed by atoms with E-state index in [0.717, 1.165) is 25.3 Å². The van der Waals surface area contributed by atoms with E-state index in [1.807, 2.05) is 6.92 Å². The van der Waals surface area contributed by atoms with E-state index in [2.05, 4.69) is 20.2 Å². The number of nitrogen functional groups attached to an aromatic ring is 1. The number of fused-ring (bicyclic) bond motifs is 1. The van der Waals surface area contributed by atoms with Gasteiger partial charge >= 0.3 is 0 Å². The number of nitrogens with one attached hydrogen (secondary N) is 1. The average Bonchev–Trinajstić information content (AvgIpc) is 2.91. The number of aromatic nitrogens is 2. The van der Waals surface area contributed by atoms with Gasteiger partial charge in [-0.05, 0) is 13.3 Å². The lowest BCUT2D eigenvalue weighted by Crippen LogP contribution is -2.42. The number of nitrogens with two attached hydrogens (primary N) is 2. The van der Waals surface area contributed by atoms with E-state index in [9.17, 15) is 0 Å². The average molecular weight is 367 g/mol. The van der Waals surface area contributed by atoms with Crippen LogP contribution in [0.15, 0.2) is 0 Å². The van der Waals surface area contributed by atoms with Crippen molar-refractivity contribution in [3.05, 3.63) is 0 Å². The second kappa shape index (κ2) is 8.05. The molecule has 0 amide bonds. The Morgan fingerprint density at radius 1 is 1.39 bits per heavy atom. The van der Waals surface area contributed by atoms with Gasteiger partial charge in [0.2, 0.25) is 11.7 Å². The summed E-state index contributed by atoms with van der Waals surface area (Å²) in [6.07, 6.45) is 0.952. The van der Waals surface area contributed by atoms with E-state index < -0.39 is 0 Å². The van der Waals surface area contributed by atoms with Crippen molar-refractivity contribution in [2.45, 2.75) is 31.5 Å². The van der Waals surface area contributed by atoms with Gasteiger partial charge in [-0.15, -0.1) is 24.8 Å². The van der Waals surface area contributed by atoms with Crippen LogP contribution >= 0.6 is 24.8 Å². The number of nitrogens with zero attached hydrogens (tertiary/aromatic N) is 3. The van der Waals surface area contributed by atoms with Crippen LogP contribution in [0, 0.1) is 0 Å². The number of anilines is 3. The number of hydrogen-bond donors (Lipinski definition) is 3. The summed E-state index contributed by atoms with van der Waals surface area (Å²) in [5.74, 6) is 2.23. The molecular weight excluding hydrogens is 343 g/mol. The molecule has 0 aliphatic carbocycles. The number of rotatable bonds is 3. The van der Waals surface area contributed by atoms with E-state index >= 15 is 0 Å². The summed E-state index contributed by atoms with van der Waals surface area (Å²) < 4.78 is 11.2. The normalized spacial score (nSPS) is 23.7. The molecule has 132 valence electrons. The maximum atomic E-state index is 5.97. The highest BCUT2D eigenvalue weighted by Gasteiger charge is 2.31. The molecule has 5 N–H and O–H groups in total. The maximum Gasteiger partial charge on any atom is 0.224 e. The molecule has 3 heterocycles. The lowest BCUT2D eigenvalue weighted by Gasteiger charge is -2.32. The molecule has 0 bridgehead atoms. The second-order valence-electron chi connectivity index (χ2n) is 5.58. The molecule has 3 atom stereocenters. The minimum Gasteiger partial charge on any atom is -0.484 e. The SMILES string of the molecule is CO[C@H](C)[C@@H]1COc2c(nc(N)nc2N2CC[C@@H](N)C2)N1.Cl.Cl. The zero-order valence-electron chi connectivity index (χ0n) is 13.2. The zero-order chi connectivity index (χ0) is 15.0. The maximum absolute atomic E-state index is 5.97. The number of halogens is 2. The Kier molecular flexibility index (Phi) is 6.94. The molecule has 8 nitrogen and oxygen atoms in total. The first-order valence-electron chi connectivity index (χ1n) is 7.18. The Hall–Kier alpha value is -1.22. The van der Waals surface area contributed by atoms with Crippen LogP contribution in [0.4, 0.5) is 17.6 Å². The van der Waals surface area contributed by atoms with Crippen molar-refractivity contribution in [1.82, 2.24) is 9.97 Å². The molecule has 1 saturated heterocycles. The van der Waals surface area contributed by atoms with E-state index in [-0.39, 0.29) is 49.0 Å². The molecule has 0 radical (unpaired) electrons. The summed E-state index contributed by atoms with van der Waals surface area (Å²) in [4.78, 5) is 10.7. The van der Waals surface area contributed by atoms with Gasteiger partial charge in [0, 0.05) is 26.2 Å². The van der Waals surface area contributed by atoms with Crippen LogP contribution in [0.3, 0.4) is 0 Å². The topological polar surface area (TPSA) is 112 Å². The summed E-state index contributed by atoms with van der Waals surface area (Å²) >= 11 is 0.